The standard InChI is InChI=1S/C23H18N6O2S/c1-13-10-16(14(2)28(13)17-4-3-5-18(30)12-17)11-19-20(24)29-23(26-21(19)31)32-22(27-29)15-6-8-25-9-7-15/h3-12,24,30H,1-2H3. The highest BCUT2D eigenvalue weighted by Crippen LogP contribution is 2.32. The number of aryl methyl sites for hydroxylation is 1. The number of phenols is 1. The van der Waals surface area contributed by atoms with Crippen LogP contribution in [0.25, 0.3) is 11.8 Å². The van der Waals surface area contributed by atoms with Gasteiger partial charge in [-0.3, -0.25) is 15.2 Å². The Balaban J connectivity index is 1.52. The van der Waals surface area contributed by atoms with Gasteiger partial charge in [-0.15, -0.1) is 0 Å². The van der Waals surface area contributed by atoms with Gasteiger partial charge in [-0.25, -0.2) is 0 Å². The predicted molar refractivity (Wildman–Crippen MR) is 125 cm³/mol. The molecule has 2 aliphatic heterocycles. The van der Waals surface area contributed by atoms with Gasteiger partial charge in [0, 0.05) is 41.1 Å². The highest BCUT2D eigenvalue weighted by molar-refractivity contribution is 8.27. The summed E-state index contributed by atoms with van der Waals surface area (Å²) in [6.45, 7) is 3.88. The van der Waals surface area contributed by atoms with Gasteiger partial charge in [-0.1, -0.05) is 6.07 Å². The van der Waals surface area contributed by atoms with Crippen molar-refractivity contribution >= 4 is 39.8 Å². The van der Waals surface area contributed by atoms with Crippen LogP contribution in [-0.4, -0.2) is 41.6 Å². The zero-order valence-corrected chi connectivity index (χ0v) is 18.1. The zero-order chi connectivity index (χ0) is 22.4. The van der Waals surface area contributed by atoms with Gasteiger partial charge in [-0.05, 0) is 67.6 Å². The molecule has 158 valence electrons. The third-order valence-corrected chi connectivity index (χ3v) is 6.20. The molecule has 3 aromatic rings. The SMILES string of the molecule is Cc1cc(C=C2C(=N)N3N=C(c4ccncc4)SC3=NC2=O)c(C)n1-c1cccc(O)c1. The summed E-state index contributed by atoms with van der Waals surface area (Å²) < 4.78 is 1.99. The summed E-state index contributed by atoms with van der Waals surface area (Å²) in [5.74, 6) is -0.309. The van der Waals surface area contributed by atoms with Gasteiger partial charge in [0.2, 0.25) is 5.17 Å². The van der Waals surface area contributed by atoms with Crippen molar-refractivity contribution in [1.82, 2.24) is 14.6 Å². The lowest BCUT2D eigenvalue weighted by Gasteiger charge is -2.20. The number of fused-ring (bicyclic) bond motifs is 1. The molecule has 0 aliphatic carbocycles. The smallest absolute Gasteiger partial charge is 0.283 e. The van der Waals surface area contributed by atoms with E-state index in [2.05, 4.69) is 15.1 Å². The van der Waals surface area contributed by atoms with E-state index in [1.165, 1.54) is 16.8 Å². The normalized spacial score (nSPS) is 16.9. The lowest BCUT2D eigenvalue weighted by Crippen LogP contribution is -2.35. The minimum Gasteiger partial charge on any atom is -0.508 e. The van der Waals surface area contributed by atoms with Gasteiger partial charge < -0.3 is 9.67 Å². The van der Waals surface area contributed by atoms with Gasteiger partial charge in [0.1, 0.15) is 10.8 Å². The van der Waals surface area contributed by atoms with Crippen LogP contribution >= 0.6 is 11.8 Å². The van der Waals surface area contributed by atoms with E-state index >= 15 is 0 Å². The van der Waals surface area contributed by atoms with Gasteiger partial charge in [-0.2, -0.15) is 15.1 Å². The molecular formula is C23H18N6O2S. The number of nitrogens with zero attached hydrogens (tertiary/aromatic N) is 5. The van der Waals surface area contributed by atoms with Crippen LogP contribution in [0.15, 0.2) is 70.5 Å². The van der Waals surface area contributed by atoms with E-state index in [0.29, 0.717) is 10.2 Å². The van der Waals surface area contributed by atoms with E-state index in [1.54, 1.807) is 36.7 Å². The molecule has 0 atom stereocenters. The number of amides is 1. The molecule has 2 aliphatic rings. The molecule has 4 heterocycles. The molecule has 8 nitrogen and oxygen atoms in total. The summed E-state index contributed by atoms with van der Waals surface area (Å²) in [4.78, 5) is 20.9. The second-order valence-corrected chi connectivity index (χ2v) is 8.30. The number of thioether (sulfide) groups is 1. The van der Waals surface area contributed by atoms with Crippen LogP contribution in [0.3, 0.4) is 0 Å². The minimum absolute atomic E-state index is 0.0151. The fourth-order valence-electron chi connectivity index (χ4n) is 3.72. The number of amidine groups is 2. The number of aliphatic imine (C=N–C) groups is 1. The monoisotopic (exact) mass is 442 g/mol. The van der Waals surface area contributed by atoms with Crippen LogP contribution in [0.5, 0.6) is 5.75 Å². The lowest BCUT2D eigenvalue weighted by molar-refractivity contribution is -0.114. The van der Waals surface area contributed by atoms with Crippen LogP contribution in [-0.2, 0) is 4.79 Å². The molecule has 0 saturated heterocycles. The molecule has 0 bridgehead atoms. The molecule has 2 aromatic heterocycles. The average molecular weight is 443 g/mol. The number of carbonyl (C=O) groups is 1. The van der Waals surface area contributed by atoms with Crippen molar-refractivity contribution < 1.29 is 9.90 Å². The number of nitrogens with one attached hydrogen (secondary N) is 1. The quantitative estimate of drug-likeness (QED) is 0.599. The molecule has 0 unspecified atom stereocenters. The van der Waals surface area contributed by atoms with Crippen LogP contribution < -0.4 is 0 Å². The maximum atomic E-state index is 12.8. The third kappa shape index (κ3) is 3.32. The summed E-state index contributed by atoms with van der Waals surface area (Å²) in [5, 5.41) is 25.4. The Morgan fingerprint density at radius 2 is 1.91 bits per heavy atom. The minimum atomic E-state index is -0.470. The van der Waals surface area contributed by atoms with Crippen molar-refractivity contribution in [2.45, 2.75) is 13.8 Å². The number of aromatic nitrogens is 2. The molecular weight excluding hydrogens is 424 g/mol. The first-order valence-corrected chi connectivity index (χ1v) is 10.6. The summed E-state index contributed by atoms with van der Waals surface area (Å²) >= 11 is 1.25. The Morgan fingerprint density at radius 3 is 2.66 bits per heavy atom. The maximum Gasteiger partial charge on any atom is 0.283 e. The fraction of sp³-hybridized carbons (Fsp3) is 0.0870. The van der Waals surface area contributed by atoms with Crippen molar-refractivity contribution in [3.05, 3.63) is 82.9 Å². The van der Waals surface area contributed by atoms with Gasteiger partial charge in [0.05, 0.1) is 5.57 Å². The average Bonchev–Trinajstić information content (AvgIpc) is 3.32. The number of hydrazone groups is 1. The van der Waals surface area contributed by atoms with Crippen molar-refractivity contribution in [2.24, 2.45) is 10.1 Å². The number of phenolic OH excluding ortho intramolecular Hbond substituents is 1. The summed E-state index contributed by atoms with van der Waals surface area (Å²) in [6, 6.07) is 12.6. The molecule has 32 heavy (non-hydrogen) atoms. The molecule has 1 aromatic carbocycles. The molecule has 0 radical (unpaired) electrons. The predicted octanol–water partition coefficient (Wildman–Crippen LogP) is 3.86. The van der Waals surface area contributed by atoms with Crippen LogP contribution in [0.1, 0.15) is 22.5 Å². The number of carbonyl (C=O) groups excluding carboxylic acids is 1. The van der Waals surface area contributed by atoms with E-state index in [4.69, 9.17) is 5.41 Å². The van der Waals surface area contributed by atoms with Crippen LogP contribution in [0.2, 0.25) is 0 Å². The largest absolute Gasteiger partial charge is 0.508 e. The lowest BCUT2D eigenvalue weighted by atomic mass is 10.1. The highest BCUT2D eigenvalue weighted by Gasteiger charge is 2.36. The molecule has 0 fully saturated rings. The molecule has 0 saturated carbocycles. The van der Waals surface area contributed by atoms with Gasteiger partial charge >= 0.3 is 0 Å². The first-order chi connectivity index (χ1) is 15.4. The maximum absolute atomic E-state index is 12.8. The van der Waals surface area contributed by atoms with Crippen LogP contribution in [0.4, 0.5) is 0 Å². The van der Waals surface area contributed by atoms with Gasteiger partial charge in [0.25, 0.3) is 5.91 Å². The second kappa shape index (κ2) is 7.61. The van der Waals surface area contributed by atoms with Crippen molar-refractivity contribution in [3.63, 3.8) is 0 Å². The van der Waals surface area contributed by atoms with E-state index in [9.17, 15) is 9.90 Å². The number of pyridine rings is 1. The molecule has 1 amide bonds. The Morgan fingerprint density at radius 1 is 1.12 bits per heavy atom. The number of hydrogen-bond acceptors (Lipinski definition) is 6. The number of benzene rings is 1. The first-order valence-electron chi connectivity index (χ1n) is 9.81. The molecule has 9 heteroatoms. The Bertz CT molecular complexity index is 1370. The second-order valence-electron chi connectivity index (χ2n) is 7.34. The van der Waals surface area contributed by atoms with Crippen LogP contribution in [0, 0.1) is 19.3 Å². The summed E-state index contributed by atoms with van der Waals surface area (Å²) in [7, 11) is 0. The van der Waals surface area contributed by atoms with Crippen molar-refractivity contribution in [3.8, 4) is 11.4 Å². The van der Waals surface area contributed by atoms with E-state index in [-0.39, 0.29) is 17.2 Å². The number of hydrogen-bond donors (Lipinski definition) is 2. The Kier molecular flexibility index (Phi) is 4.75. The van der Waals surface area contributed by atoms with Gasteiger partial charge in [0.15, 0.2) is 5.84 Å². The number of rotatable bonds is 3. The highest BCUT2D eigenvalue weighted by atomic mass is 32.2. The third-order valence-electron chi connectivity index (χ3n) is 5.24. The number of aromatic hydroxyl groups is 1. The van der Waals surface area contributed by atoms with E-state index in [0.717, 1.165) is 28.2 Å². The van der Waals surface area contributed by atoms with Crippen molar-refractivity contribution in [2.75, 3.05) is 0 Å². The van der Waals surface area contributed by atoms with E-state index in [1.807, 2.05) is 42.7 Å². The zero-order valence-electron chi connectivity index (χ0n) is 17.3. The van der Waals surface area contributed by atoms with Crippen molar-refractivity contribution in [1.29, 1.82) is 5.41 Å². The fourth-order valence-corrected chi connectivity index (χ4v) is 4.62. The molecule has 0 spiro atoms. The molecule has 2 N–H and O–H groups in total. The summed E-state index contributed by atoms with van der Waals surface area (Å²) in [5.41, 5.74) is 4.45. The Hall–Kier alpha value is -3.98. The van der Waals surface area contributed by atoms with E-state index < -0.39 is 5.91 Å². The topological polar surface area (TPSA) is 107 Å². The molecule has 5 rings (SSSR count). The first kappa shape index (κ1) is 20.0. The Labute approximate surface area is 188 Å². The summed E-state index contributed by atoms with van der Waals surface area (Å²) in [6.07, 6.45) is 5.01.